The summed E-state index contributed by atoms with van der Waals surface area (Å²) in [5.41, 5.74) is 6.76. The third-order valence-corrected chi connectivity index (χ3v) is 5.53. The molecule has 2 amide bonds. The van der Waals surface area contributed by atoms with Crippen molar-refractivity contribution >= 4 is 33.8 Å². The largest absolute Gasteiger partial charge is 0.366 e. The molecule has 9 nitrogen and oxygen atoms in total. The first-order chi connectivity index (χ1) is 13.7. The average molecular weight is 413 g/mol. The Kier molecular flexibility index (Phi) is 5.74. The third kappa shape index (κ3) is 4.66. The van der Waals surface area contributed by atoms with E-state index in [9.17, 15) is 19.7 Å². The standard InChI is InChI=1S/C19H19N5O4S/c1-11(2)16-7-15(17(20)25)19(29-16)22-18(26)13-5-3-4-12(6-13)9-23-10-14(8-21-23)24(27)28/h3-8,10-11H,9H2,1-2H3,(H2,20,25)(H,22,26). The van der Waals surface area contributed by atoms with Crippen LogP contribution in [0.5, 0.6) is 0 Å². The Balaban J connectivity index is 1.79. The Bertz CT molecular complexity index is 1090. The SMILES string of the molecule is CC(C)c1cc(C(N)=O)c(NC(=O)c2cccc(Cn3cc([N+](=O)[O-])cn3)c2)s1. The highest BCUT2D eigenvalue weighted by atomic mass is 32.1. The van der Waals surface area contributed by atoms with Gasteiger partial charge in [0.1, 0.15) is 17.4 Å². The van der Waals surface area contributed by atoms with Crippen LogP contribution in [0.3, 0.4) is 0 Å². The van der Waals surface area contributed by atoms with Gasteiger partial charge in [-0.15, -0.1) is 11.3 Å². The van der Waals surface area contributed by atoms with E-state index in [-0.39, 0.29) is 29.6 Å². The summed E-state index contributed by atoms with van der Waals surface area (Å²) in [4.78, 5) is 35.6. The van der Waals surface area contributed by atoms with Gasteiger partial charge in [-0.2, -0.15) is 5.10 Å². The molecule has 2 heterocycles. The number of amides is 2. The Labute approximate surface area is 170 Å². The van der Waals surface area contributed by atoms with Crippen LogP contribution in [0.25, 0.3) is 0 Å². The molecule has 1 aromatic carbocycles. The predicted octanol–water partition coefficient (Wildman–Crippen LogP) is 3.38. The number of anilines is 1. The van der Waals surface area contributed by atoms with Gasteiger partial charge < -0.3 is 11.1 Å². The lowest BCUT2D eigenvalue weighted by Gasteiger charge is -2.07. The van der Waals surface area contributed by atoms with Crippen molar-refractivity contribution in [1.29, 1.82) is 0 Å². The molecule has 2 aromatic heterocycles. The van der Waals surface area contributed by atoms with E-state index >= 15 is 0 Å². The van der Waals surface area contributed by atoms with Gasteiger partial charge in [0.25, 0.3) is 11.8 Å². The van der Waals surface area contributed by atoms with E-state index in [1.54, 1.807) is 30.3 Å². The van der Waals surface area contributed by atoms with Crippen molar-refractivity contribution in [3.8, 4) is 0 Å². The summed E-state index contributed by atoms with van der Waals surface area (Å²) in [6, 6.07) is 8.52. The molecule has 0 unspecified atom stereocenters. The minimum Gasteiger partial charge on any atom is -0.366 e. The third-order valence-electron chi connectivity index (χ3n) is 4.18. The van der Waals surface area contributed by atoms with E-state index < -0.39 is 10.8 Å². The number of nitro groups is 1. The molecular weight excluding hydrogens is 394 g/mol. The molecule has 0 atom stereocenters. The number of hydrogen-bond donors (Lipinski definition) is 2. The summed E-state index contributed by atoms with van der Waals surface area (Å²) in [5, 5.41) is 17.9. The minimum atomic E-state index is -0.600. The zero-order valence-corrected chi connectivity index (χ0v) is 16.6. The fourth-order valence-electron chi connectivity index (χ4n) is 2.68. The highest BCUT2D eigenvalue weighted by Crippen LogP contribution is 2.33. The van der Waals surface area contributed by atoms with Gasteiger partial charge in [0.2, 0.25) is 0 Å². The van der Waals surface area contributed by atoms with Gasteiger partial charge in [0.15, 0.2) is 0 Å². The van der Waals surface area contributed by atoms with E-state index in [4.69, 9.17) is 5.73 Å². The van der Waals surface area contributed by atoms with Crippen LogP contribution in [0, 0.1) is 10.1 Å². The summed E-state index contributed by atoms with van der Waals surface area (Å²) >= 11 is 1.32. The van der Waals surface area contributed by atoms with Crippen molar-refractivity contribution in [1.82, 2.24) is 9.78 Å². The molecule has 0 fully saturated rings. The van der Waals surface area contributed by atoms with Crippen LogP contribution in [0.15, 0.2) is 42.7 Å². The van der Waals surface area contributed by atoms with Gasteiger partial charge in [-0.05, 0) is 29.7 Å². The number of carbonyl (C=O) groups is 2. The highest BCUT2D eigenvalue weighted by Gasteiger charge is 2.18. The number of primary amides is 1. The van der Waals surface area contributed by atoms with Crippen molar-refractivity contribution in [2.75, 3.05) is 5.32 Å². The van der Waals surface area contributed by atoms with Crippen molar-refractivity contribution in [2.45, 2.75) is 26.3 Å². The molecule has 3 aromatic rings. The monoisotopic (exact) mass is 413 g/mol. The van der Waals surface area contributed by atoms with E-state index in [1.165, 1.54) is 28.4 Å². The second kappa shape index (κ2) is 8.23. The molecule has 10 heteroatoms. The van der Waals surface area contributed by atoms with Gasteiger partial charge in [-0.1, -0.05) is 26.0 Å². The summed E-state index contributed by atoms with van der Waals surface area (Å²) in [5.74, 6) is -0.777. The van der Waals surface area contributed by atoms with Crippen LogP contribution in [0.4, 0.5) is 10.7 Å². The Morgan fingerprint density at radius 2 is 2.10 bits per heavy atom. The number of benzene rings is 1. The predicted molar refractivity (Wildman–Crippen MR) is 109 cm³/mol. The van der Waals surface area contributed by atoms with Crippen LogP contribution in [-0.2, 0) is 6.54 Å². The molecule has 150 valence electrons. The normalized spacial score (nSPS) is 10.9. The summed E-state index contributed by atoms with van der Waals surface area (Å²) < 4.78 is 1.43. The van der Waals surface area contributed by atoms with Crippen molar-refractivity contribution in [2.24, 2.45) is 5.73 Å². The molecule has 0 saturated heterocycles. The Hall–Kier alpha value is -3.53. The molecule has 0 spiro atoms. The molecule has 0 radical (unpaired) electrons. The van der Waals surface area contributed by atoms with Crippen LogP contribution in [-0.4, -0.2) is 26.5 Å². The van der Waals surface area contributed by atoms with Gasteiger partial charge in [0, 0.05) is 10.4 Å². The van der Waals surface area contributed by atoms with Crippen molar-refractivity contribution in [3.63, 3.8) is 0 Å². The van der Waals surface area contributed by atoms with Crippen LogP contribution >= 0.6 is 11.3 Å². The zero-order valence-electron chi connectivity index (χ0n) is 15.8. The lowest BCUT2D eigenvalue weighted by molar-refractivity contribution is -0.385. The topological polar surface area (TPSA) is 133 Å². The number of carbonyl (C=O) groups excluding carboxylic acids is 2. The number of rotatable bonds is 7. The number of hydrogen-bond acceptors (Lipinski definition) is 6. The molecule has 0 aliphatic carbocycles. The second-order valence-electron chi connectivity index (χ2n) is 6.72. The molecule has 0 aliphatic rings. The quantitative estimate of drug-likeness (QED) is 0.452. The van der Waals surface area contributed by atoms with E-state index in [0.29, 0.717) is 10.6 Å². The van der Waals surface area contributed by atoms with Crippen LogP contribution in [0.2, 0.25) is 0 Å². The molecule has 0 bridgehead atoms. The maximum atomic E-state index is 12.7. The van der Waals surface area contributed by atoms with Crippen molar-refractivity contribution < 1.29 is 14.5 Å². The van der Waals surface area contributed by atoms with Gasteiger partial charge in [-0.3, -0.25) is 24.4 Å². The minimum absolute atomic E-state index is 0.100. The summed E-state index contributed by atoms with van der Waals surface area (Å²) in [6.07, 6.45) is 2.50. The number of nitrogens with one attached hydrogen (secondary N) is 1. The van der Waals surface area contributed by atoms with Gasteiger partial charge >= 0.3 is 5.69 Å². The summed E-state index contributed by atoms with van der Waals surface area (Å²) in [6.45, 7) is 4.26. The van der Waals surface area contributed by atoms with Crippen molar-refractivity contribution in [3.05, 3.63) is 74.4 Å². The lowest BCUT2D eigenvalue weighted by Crippen LogP contribution is -2.16. The highest BCUT2D eigenvalue weighted by molar-refractivity contribution is 7.16. The number of nitrogens with two attached hydrogens (primary N) is 1. The van der Waals surface area contributed by atoms with E-state index in [1.807, 2.05) is 13.8 Å². The fourth-order valence-corrected chi connectivity index (χ4v) is 3.74. The zero-order chi connectivity index (χ0) is 21.1. The summed E-state index contributed by atoms with van der Waals surface area (Å²) in [7, 11) is 0. The maximum absolute atomic E-state index is 12.7. The first-order valence-electron chi connectivity index (χ1n) is 8.75. The number of nitrogens with zero attached hydrogens (tertiary/aromatic N) is 3. The number of aromatic nitrogens is 2. The number of thiophene rings is 1. The first kappa shape index (κ1) is 20.2. The molecule has 3 rings (SSSR count). The first-order valence-corrected chi connectivity index (χ1v) is 9.57. The van der Waals surface area contributed by atoms with Crippen LogP contribution in [0.1, 0.15) is 50.9 Å². The molecule has 0 saturated carbocycles. The lowest BCUT2D eigenvalue weighted by atomic mass is 10.1. The second-order valence-corrected chi connectivity index (χ2v) is 7.80. The van der Waals surface area contributed by atoms with E-state index in [2.05, 4.69) is 10.4 Å². The Morgan fingerprint density at radius 3 is 2.72 bits per heavy atom. The fraction of sp³-hybridized carbons (Fsp3) is 0.211. The average Bonchev–Trinajstić information content (AvgIpc) is 3.29. The maximum Gasteiger partial charge on any atom is 0.307 e. The van der Waals surface area contributed by atoms with Crippen LogP contribution < -0.4 is 11.1 Å². The Morgan fingerprint density at radius 1 is 1.34 bits per heavy atom. The van der Waals surface area contributed by atoms with Gasteiger partial charge in [0.05, 0.1) is 17.0 Å². The van der Waals surface area contributed by atoms with Gasteiger partial charge in [-0.25, -0.2) is 0 Å². The molecule has 0 aliphatic heterocycles. The van der Waals surface area contributed by atoms with E-state index in [0.717, 1.165) is 10.4 Å². The smallest absolute Gasteiger partial charge is 0.307 e. The molecule has 3 N–H and O–H groups in total. The molecule has 29 heavy (non-hydrogen) atoms. The molecular formula is C19H19N5O4S.